The van der Waals surface area contributed by atoms with Crippen LogP contribution in [0.4, 0.5) is 5.82 Å². The Morgan fingerprint density at radius 3 is 3.00 bits per heavy atom. The van der Waals surface area contributed by atoms with Gasteiger partial charge in [0, 0.05) is 39.0 Å². The van der Waals surface area contributed by atoms with Crippen LogP contribution in [-0.2, 0) is 11.3 Å². The number of ether oxygens (including phenoxy) is 1. The molecule has 0 radical (unpaired) electrons. The largest absolute Gasteiger partial charge is 0.383 e. The maximum atomic E-state index is 5.03. The zero-order valence-electron chi connectivity index (χ0n) is 13.0. The summed E-state index contributed by atoms with van der Waals surface area (Å²) in [5, 5.41) is 3.36. The molecular weight excluding hydrogens is 250 g/mol. The van der Waals surface area contributed by atoms with Crippen LogP contribution in [0.25, 0.3) is 0 Å². The molecule has 1 aromatic rings. The summed E-state index contributed by atoms with van der Waals surface area (Å²) in [7, 11) is 1.72. The van der Waals surface area contributed by atoms with Gasteiger partial charge in [-0.25, -0.2) is 4.98 Å². The first-order valence-electron chi connectivity index (χ1n) is 7.64. The lowest BCUT2D eigenvalue weighted by Gasteiger charge is -2.35. The molecule has 1 unspecified atom stereocenters. The van der Waals surface area contributed by atoms with Gasteiger partial charge in [-0.3, -0.25) is 0 Å². The van der Waals surface area contributed by atoms with Crippen molar-refractivity contribution in [3.8, 4) is 0 Å². The fourth-order valence-corrected chi connectivity index (χ4v) is 2.84. The molecule has 1 fully saturated rings. The first-order chi connectivity index (χ1) is 9.72. The number of rotatable bonds is 6. The second-order valence-electron chi connectivity index (χ2n) is 5.69. The van der Waals surface area contributed by atoms with E-state index in [4.69, 9.17) is 9.72 Å². The highest BCUT2D eigenvalue weighted by Gasteiger charge is 2.20. The first kappa shape index (κ1) is 15.3. The van der Waals surface area contributed by atoms with Gasteiger partial charge < -0.3 is 15.0 Å². The molecule has 2 rings (SSSR count). The Kier molecular flexibility index (Phi) is 5.80. The van der Waals surface area contributed by atoms with Crippen molar-refractivity contribution >= 4 is 5.82 Å². The molecule has 1 atom stereocenters. The molecule has 4 heteroatoms. The number of anilines is 1. The molecule has 0 aliphatic carbocycles. The topological polar surface area (TPSA) is 37.4 Å². The van der Waals surface area contributed by atoms with Gasteiger partial charge in [-0.2, -0.15) is 0 Å². The van der Waals surface area contributed by atoms with E-state index >= 15 is 0 Å². The third-order valence-corrected chi connectivity index (χ3v) is 3.99. The van der Waals surface area contributed by atoms with Gasteiger partial charge >= 0.3 is 0 Å². The van der Waals surface area contributed by atoms with E-state index in [2.05, 4.69) is 30.1 Å². The van der Waals surface area contributed by atoms with Crippen LogP contribution in [0.15, 0.2) is 12.3 Å². The maximum Gasteiger partial charge on any atom is 0.131 e. The highest BCUT2D eigenvalue weighted by Crippen LogP contribution is 2.25. The first-order valence-corrected chi connectivity index (χ1v) is 7.64. The van der Waals surface area contributed by atoms with Crippen LogP contribution >= 0.6 is 0 Å². The highest BCUT2D eigenvalue weighted by atomic mass is 16.5. The summed E-state index contributed by atoms with van der Waals surface area (Å²) >= 11 is 0. The van der Waals surface area contributed by atoms with Gasteiger partial charge in [0.15, 0.2) is 0 Å². The average molecular weight is 277 g/mol. The summed E-state index contributed by atoms with van der Waals surface area (Å²) in [6, 6.07) is 2.87. The Bertz CT molecular complexity index is 422. The van der Waals surface area contributed by atoms with Crippen LogP contribution in [-0.4, -0.2) is 37.8 Å². The molecule has 112 valence electrons. The van der Waals surface area contributed by atoms with Crippen molar-refractivity contribution < 1.29 is 4.74 Å². The van der Waals surface area contributed by atoms with Crippen molar-refractivity contribution in [2.75, 3.05) is 31.7 Å². The quantitative estimate of drug-likeness (QED) is 0.811. The molecule has 0 spiro atoms. The maximum absolute atomic E-state index is 5.03. The summed E-state index contributed by atoms with van der Waals surface area (Å²) < 4.78 is 5.03. The van der Waals surface area contributed by atoms with Gasteiger partial charge in [0.1, 0.15) is 5.82 Å². The molecular formula is C16H27N3O. The predicted octanol–water partition coefficient (Wildman–Crippen LogP) is 2.50. The third-order valence-electron chi connectivity index (χ3n) is 3.99. The molecule has 0 bridgehead atoms. The van der Waals surface area contributed by atoms with Gasteiger partial charge in [-0.15, -0.1) is 0 Å². The number of nitrogens with zero attached hydrogens (tertiary/aromatic N) is 2. The lowest BCUT2D eigenvalue weighted by Crippen LogP contribution is -2.38. The van der Waals surface area contributed by atoms with Crippen molar-refractivity contribution in [3.63, 3.8) is 0 Å². The fourth-order valence-electron chi connectivity index (χ4n) is 2.84. The summed E-state index contributed by atoms with van der Waals surface area (Å²) in [5.41, 5.74) is 2.52. The second-order valence-corrected chi connectivity index (χ2v) is 5.69. The number of pyridine rings is 1. The minimum Gasteiger partial charge on any atom is -0.383 e. The highest BCUT2D eigenvalue weighted by molar-refractivity contribution is 5.48. The van der Waals surface area contributed by atoms with E-state index in [1.165, 1.54) is 30.4 Å². The summed E-state index contributed by atoms with van der Waals surface area (Å²) in [5.74, 6) is 1.16. The number of methoxy groups -OCH3 is 1. The molecule has 2 heterocycles. The number of nitrogens with one attached hydrogen (secondary N) is 1. The molecule has 1 aliphatic heterocycles. The average Bonchev–Trinajstić information content (AvgIpc) is 2.45. The summed E-state index contributed by atoms with van der Waals surface area (Å²) in [6.45, 7) is 8.09. The van der Waals surface area contributed by atoms with Gasteiger partial charge in [0.2, 0.25) is 0 Å². The van der Waals surface area contributed by atoms with E-state index in [1.54, 1.807) is 7.11 Å². The Hall–Kier alpha value is -1.13. The van der Waals surface area contributed by atoms with E-state index in [9.17, 15) is 0 Å². The van der Waals surface area contributed by atoms with Crippen LogP contribution in [0.5, 0.6) is 0 Å². The molecule has 4 nitrogen and oxygen atoms in total. The van der Waals surface area contributed by atoms with Crippen molar-refractivity contribution in [1.29, 1.82) is 0 Å². The van der Waals surface area contributed by atoms with Crippen LogP contribution in [0.2, 0.25) is 0 Å². The molecule has 0 amide bonds. The van der Waals surface area contributed by atoms with Gasteiger partial charge in [0.05, 0.1) is 6.61 Å². The second kappa shape index (κ2) is 7.60. The number of hydrogen-bond donors (Lipinski definition) is 1. The molecule has 1 N–H and O–H groups in total. The van der Waals surface area contributed by atoms with Gasteiger partial charge in [-0.1, -0.05) is 0 Å². The Morgan fingerprint density at radius 1 is 1.45 bits per heavy atom. The Morgan fingerprint density at radius 2 is 2.30 bits per heavy atom. The van der Waals surface area contributed by atoms with Crippen molar-refractivity contribution in [2.45, 2.75) is 45.7 Å². The third kappa shape index (κ3) is 3.93. The van der Waals surface area contributed by atoms with Gasteiger partial charge in [0.25, 0.3) is 0 Å². The van der Waals surface area contributed by atoms with Crippen LogP contribution in [0.3, 0.4) is 0 Å². The Balaban J connectivity index is 1.98. The fraction of sp³-hybridized carbons (Fsp3) is 0.688. The van der Waals surface area contributed by atoms with Crippen molar-refractivity contribution in [2.24, 2.45) is 0 Å². The minimum absolute atomic E-state index is 0.612. The van der Waals surface area contributed by atoms with E-state index < -0.39 is 0 Å². The van der Waals surface area contributed by atoms with Gasteiger partial charge in [-0.05, 0) is 50.3 Å². The molecule has 1 aromatic heterocycles. The lowest BCUT2D eigenvalue weighted by molar-refractivity contribution is 0.199. The lowest BCUT2D eigenvalue weighted by atomic mass is 10.0. The van der Waals surface area contributed by atoms with E-state index in [1.807, 2.05) is 6.20 Å². The molecule has 0 saturated carbocycles. The van der Waals surface area contributed by atoms with Crippen LogP contribution in [0, 0.1) is 6.92 Å². The van der Waals surface area contributed by atoms with E-state index in [0.717, 1.165) is 32.1 Å². The molecule has 20 heavy (non-hydrogen) atoms. The predicted molar refractivity (Wildman–Crippen MR) is 83.2 cm³/mol. The van der Waals surface area contributed by atoms with Crippen molar-refractivity contribution in [3.05, 3.63) is 23.4 Å². The SMILES string of the molecule is COCCNCc1cnc(N2CCCCC2C)c(C)c1. The van der Waals surface area contributed by atoms with E-state index in [0.29, 0.717) is 6.04 Å². The van der Waals surface area contributed by atoms with E-state index in [-0.39, 0.29) is 0 Å². The standard InChI is InChI=1S/C16H27N3O/c1-13-10-15(11-17-7-9-20-3)12-18-16(13)19-8-5-4-6-14(19)2/h10,12,14,17H,4-9,11H2,1-3H3. The summed E-state index contributed by atoms with van der Waals surface area (Å²) in [4.78, 5) is 7.17. The zero-order valence-corrected chi connectivity index (χ0v) is 13.0. The monoisotopic (exact) mass is 277 g/mol. The molecule has 1 saturated heterocycles. The number of aryl methyl sites for hydroxylation is 1. The summed E-state index contributed by atoms with van der Waals surface area (Å²) in [6.07, 6.45) is 5.91. The number of aromatic nitrogens is 1. The van der Waals surface area contributed by atoms with Crippen LogP contribution < -0.4 is 10.2 Å². The normalized spacial score (nSPS) is 19.4. The minimum atomic E-state index is 0.612. The van der Waals surface area contributed by atoms with Crippen LogP contribution in [0.1, 0.15) is 37.3 Å². The number of piperidine rings is 1. The Labute approximate surface area is 122 Å². The molecule has 1 aliphatic rings. The zero-order chi connectivity index (χ0) is 14.4. The van der Waals surface area contributed by atoms with Crippen molar-refractivity contribution in [1.82, 2.24) is 10.3 Å². The molecule has 0 aromatic carbocycles. The number of hydrogen-bond acceptors (Lipinski definition) is 4. The smallest absolute Gasteiger partial charge is 0.131 e.